The summed E-state index contributed by atoms with van der Waals surface area (Å²) >= 11 is 1.48. The number of methoxy groups -OCH3 is 1. The molecule has 1 amide bonds. The smallest absolute Gasteiger partial charge is 0.226 e. The Bertz CT molecular complexity index is 1040. The Morgan fingerprint density at radius 1 is 1.30 bits per heavy atom. The van der Waals surface area contributed by atoms with Gasteiger partial charge in [-0.05, 0) is 49.4 Å². The Morgan fingerprint density at radius 2 is 2.09 bits per heavy atom. The van der Waals surface area contributed by atoms with Gasteiger partial charge in [0, 0.05) is 51.0 Å². The van der Waals surface area contributed by atoms with Gasteiger partial charge in [0.1, 0.15) is 10.8 Å². The van der Waals surface area contributed by atoms with Crippen LogP contribution < -0.4 is 5.32 Å². The monoisotopic (exact) mass is 472 g/mol. The summed E-state index contributed by atoms with van der Waals surface area (Å²) < 4.78 is 26.0. The third kappa shape index (κ3) is 6.25. The molecular weight excluding hydrogens is 443 g/mol. The molecule has 1 aromatic carbocycles. The number of carbonyl (C=O) groups excluding carboxylic acids is 1. The average Bonchev–Trinajstić information content (AvgIpc) is 3.46. The second-order valence-electron chi connectivity index (χ2n) is 8.16. The summed E-state index contributed by atoms with van der Waals surface area (Å²) in [7, 11) is 1.67. The minimum atomic E-state index is -0.283. The third-order valence-corrected chi connectivity index (χ3v) is 6.65. The van der Waals surface area contributed by atoms with Crippen molar-refractivity contribution >= 4 is 17.2 Å². The van der Waals surface area contributed by atoms with Crippen LogP contribution in [0.5, 0.6) is 0 Å². The lowest BCUT2D eigenvalue weighted by molar-refractivity contribution is -0.120. The largest absolute Gasteiger partial charge is 0.385 e. The number of nitrogens with zero attached hydrogens (tertiary/aromatic N) is 3. The molecule has 1 aliphatic rings. The fourth-order valence-corrected chi connectivity index (χ4v) is 4.76. The van der Waals surface area contributed by atoms with Gasteiger partial charge in [0.05, 0.1) is 29.6 Å². The van der Waals surface area contributed by atoms with Crippen LogP contribution in [0.2, 0.25) is 0 Å². The number of rotatable bonds is 10. The number of carbonyl (C=O) groups is 1. The molecule has 0 bridgehead atoms. The summed E-state index contributed by atoms with van der Waals surface area (Å²) in [6, 6.07) is 6.39. The van der Waals surface area contributed by atoms with E-state index >= 15 is 0 Å². The summed E-state index contributed by atoms with van der Waals surface area (Å²) in [6.07, 6.45) is 4.82. The molecule has 0 unspecified atom stereocenters. The number of aryl methyl sites for hydroxylation is 1. The normalized spacial score (nSPS) is 14.5. The van der Waals surface area contributed by atoms with E-state index in [1.165, 1.54) is 23.5 Å². The van der Waals surface area contributed by atoms with E-state index < -0.39 is 0 Å². The second kappa shape index (κ2) is 11.5. The lowest BCUT2D eigenvalue weighted by Gasteiger charge is -2.22. The van der Waals surface area contributed by atoms with Crippen LogP contribution in [-0.2, 0) is 27.2 Å². The van der Waals surface area contributed by atoms with Crippen molar-refractivity contribution in [1.82, 2.24) is 20.1 Å². The summed E-state index contributed by atoms with van der Waals surface area (Å²) in [5.41, 5.74) is 3.36. The number of halogens is 1. The number of hydrogen-bond acceptors (Lipinski definition) is 6. The number of thiazole rings is 1. The Morgan fingerprint density at radius 3 is 2.85 bits per heavy atom. The van der Waals surface area contributed by atoms with Crippen LogP contribution in [0.4, 0.5) is 4.39 Å². The van der Waals surface area contributed by atoms with Crippen molar-refractivity contribution in [3.8, 4) is 21.8 Å². The molecule has 1 fully saturated rings. The number of ether oxygens (including phenoxy) is 2. The zero-order valence-corrected chi connectivity index (χ0v) is 19.6. The molecule has 0 aliphatic carbocycles. The van der Waals surface area contributed by atoms with Crippen LogP contribution in [0, 0.1) is 11.7 Å². The van der Waals surface area contributed by atoms with Crippen LogP contribution in [0.3, 0.4) is 0 Å². The number of amides is 1. The molecule has 2 aromatic heterocycles. The molecule has 3 aromatic rings. The molecule has 0 spiro atoms. The van der Waals surface area contributed by atoms with Crippen LogP contribution >= 0.6 is 11.3 Å². The molecule has 0 saturated carbocycles. The zero-order chi connectivity index (χ0) is 23.0. The molecule has 1 saturated heterocycles. The molecule has 1 N–H and O–H groups in total. The van der Waals surface area contributed by atoms with E-state index in [9.17, 15) is 9.18 Å². The molecule has 0 atom stereocenters. The van der Waals surface area contributed by atoms with E-state index in [1.807, 2.05) is 10.1 Å². The van der Waals surface area contributed by atoms with Gasteiger partial charge >= 0.3 is 0 Å². The molecule has 3 heterocycles. The van der Waals surface area contributed by atoms with E-state index in [2.05, 4.69) is 10.4 Å². The van der Waals surface area contributed by atoms with Crippen molar-refractivity contribution in [2.75, 3.05) is 33.5 Å². The highest BCUT2D eigenvalue weighted by atomic mass is 32.1. The first-order valence-corrected chi connectivity index (χ1v) is 12.1. The van der Waals surface area contributed by atoms with Gasteiger partial charge in [0.25, 0.3) is 0 Å². The molecular formula is C24H29FN4O3S. The molecule has 9 heteroatoms. The van der Waals surface area contributed by atoms with E-state index in [0.717, 1.165) is 60.0 Å². The fraction of sp³-hybridized carbons (Fsp3) is 0.458. The second-order valence-corrected chi connectivity index (χ2v) is 9.02. The molecule has 0 radical (unpaired) electrons. The van der Waals surface area contributed by atoms with Crippen molar-refractivity contribution in [3.63, 3.8) is 0 Å². The van der Waals surface area contributed by atoms with Gasteiger partial charge in [-0.15, -0.1) is 11.3 Å². The van der Waals surface area contributed by atoms with Crippen molar-refractivity contribution in [2.24, 2.45) is 5.92 Å². The van der Waals surface area contributed by atoms with Gasteiger partial charge in [-0.25, -0.2) is 9.37 Å². The van der Waals surface area contributed by atoms with E-state index in [0.29, 0.717) is 25.6 Å². The van der Waals surface area contributed by atoms with E-state index in [4.69, 9.17) is 14.5 Å². The van der Waals surface area contributed by atoms with Gasteiger partial charge < -0.3 is 14.8 Å². The van der Waals surface area contributed by atoms with Gasteiger partial charge in [0.15, 0.2) is 0 Å². The lowest BCUT2D eigenvalue weighted by Crippen LogP contribution is -2.33. The van der Waals surface area contributed by atoms with Crippen molar-refractivity contribution < 1.29 is 18.7 Å². The predicted molar refractivity (Wildman–Crippen MR) is 125 cm³/mol. The maximum Gasteiger partial charge on any atom is 0.226 e. The highest BCUT2D eigenvalue weighted by Gasteiger charge is 2.19. The van der Waals surface area contributed by atoms with Gasteiger partial charge in [0.2, 0.25) is 5.91 Å². The van der Waals surface area contributed by atoms with Crippen molar-refractivity contribution in [2.45, 2.75) is 32.2 Å². The number of nitrogens with one attached hydrogen (secondary N) is 1. The van der Waals surface area contributed by atoms with Crippen LogP contribution in [-0.4, -0.2) is 54.1 Å². The molecule has 33 heavy (non-hydrogen) atoms. The molecule has 4 rings (SSSR count). The molecule has 176 valence electrons. The van der Waals surface area contributed by atoms with Crippen molar-refractivity contribution in [1.29, 1.82) is 0 Å². The minimum absolute atomic E-state index is 0.0210. The summed E-state index contributed by atoms with van der Waals surface area (Å²) in [5, 5.41) is 10.3. The molecule has 7 nitrogen and oxygen atoms in total. The summed E-state index contributed by atoms with van der Waals surface area (Å²) in [5.74, 6) is 0.178. The Labute approximate surface area is 196 Å². The number of aromatic nitrogens is 3. The van der Waals surface area contributed by atoms with Crippen LogP contribution in [0.15, 0.2) is 35.8 Å². The fourth-order valence-electron chi connectivity index (χ4n) is 3.93. The first-order valence-electron chi connectivity index (χ1n) is 11.2. The van der Waals surface area contributed by atoms with Gasteiger partial charge in [-0.1, -0.05) is 0 Å². The summed E-state index contributed by atoms with van der Waals surface area (Å²) in [4.78, 5) is 17.1. The highest BCUT2D eigenvalue weighted by Crippen LogP contribution is 2.34. The first-order chi connectivity index (χ1) is 16.1. The van der Waals surface area contributed by atoms with Crippen molar-refractivity contribution in [3.05, 3.63) is 47.4 Å². The third-order valence-electron chi connectivity index (χ3n) is 5.73. The average molecular weight is 473 g/mol. The van der Waals surface area contributed by atoms with E-state index in [-0.39, 0.29) is 18.1 Å². The van der Waals surface area contributed by atoms with Crippen LogP contribution in [0.1, 0.15) is 25.0 Å². The van der Waals surface area contributed by atoms with Crippen LogP contribution in [0.25, 0.3) is 21.8 Å². The Kier molecular flexibility index (Phi) is 8.20. The number of hydrogen-bond donors (Lipinski definition) is 1. The predicted octanol–water partition coefficient (Wildman–Crippen LogP) is 3.93. The first kappa shape index (κ1) is 23.5. The Hall–Kier alpha value is -2.62. The topological polar surface area (TPSA) is 78.3 Å². The maximum atomic E-state index is 13.5. The lowest BCUT2D eigenvalue weighted by atomic mass is 10.0. The minimum Gasteiger partial charge on any atom is -0.385 e. The molecule has 1 aliphatic heterocycles. The standard InChI is InChI=1S/C24H29FN4O3S/c1-31-10-2-9-29-23(18-3-5-19(25)6-4-18)21(15-27-29)24-28-20(16-33-24)13-22(30)26-14-17-7-11-32-12-8-17/h3-6,15-17H,2,7-14H2,1H3,(H,26,30). The maximum absolute atomic E-state index is 13.5. The Balaban J connectivity index is 1.48. The quantitative estimate of drug-likeness (QED) is 0.453. The summed E-state index contributed by atoms with van der Waals surface area (Å²) in [6.45, 7) is 3.52. The van der Waals surface area contributed by atoms with Gasteiger partial charge in [-0.3, -0.25) is 9.48 Å². The highest BCUT2D eigenvalue weighted by molar-refractivity contribution is 7.13. The van der Waals surface area contributed by atoms with Gasteiger partial charge in [-0.2, -0.15) is 5.10 Å². The zero-order valence-electron chi connectivity index (χ0n) is 18.8. The number of benzene rings is 1. The SMILES string of the molecule is COCCCn1ncc(-c2nc(CC(=O)NCC3CCOCC3)cs2)c1-c1ccc(F)cc1. The van der Waals surface area contributed by atoms with E-state index in [1.54, 1.807) is 25.4 Å².